The summed E-state index contributed by atoms with van der Waals surface area (Å²) in [5.74, 6) is -0.324. The number of carbonyl (C=O) groups excluding carboxylic acids is 2. The number of amides is 1. The van der Waals surface area contributed by atoms with E-state index in [1.807, 2.05) is 13.8 Å². The second-order valence-corrected chi connectivity index (χ2v) is 4.69. The van der Waals surface area contributed by atoms with Gasteiger partial charge in [-0.2, -0.15) is 0 Å². The van der Waals surface area contributed by atoms with Crippen molar-refractivity contribution < 1.29 is 19.1 Å². The smallest absolute Gasteiger partial charge is 0.408 e. The maximum Gasteiger partial charge on any atom is 0.408 e. The number of alkyl carbamates (subject to hydrolysis) is 1. The molecular weight excluding hydrogens is 234 g/mol. The highest BCUT2D eigenvalue weighted by Gasteiger charge is 2.44. The molecule has 1 N–H and O–H groups in total. The van der Waals surface area contributed by atoms with E-state index >= 15 is 0 Å². The van der Waals surface area contributed by atoms with E-state index in [1.54, 1.807) is 0 Å². The van der Waals surface area contributed by atoms with Crippen LogP contribution in [-0.2, 0) is 14.3 Å². The van der Waals surface area contributed by atoms with Gasteiger partial charge in [0.2, 0.25) is 0 Å². The number of rotatable bonds is 6. The molecular formula is C13H23NO4. The summed E-state index contributed by atoms with van der Waals surface area (Å²) < 4.78 is 10.1. The van der Waals surface area contributed by atoms with Crippen LogP contribution in [0.2, 0.25) is 0 Å². The van der Waals surface area contributed by atoms with Gasteiger partial charge in [-0.25, -0.2) is 9.59 Å². The van der Waals surface area contributed by atoms with E-state index in [2.05, 4.69) is 5.32 Å². The Kier molecular flexibility index (Phi) is 5.95. The van der Waals surface area contributed by atoms with Gasteiger partial charge in [-0.05, 0) is 25.7 Å². The van der Waals surface area contributed by atoms with Crippen molar-refractivity contribution in [1.82, 2.24) is 5.32 Å². The van der Waals surface area contributed by atoms with Crippen LogP contribution in [0.3, 0.4) is 0 Å². The standard InChI is InChI=1S/C13H23NO4/c1-3-9-17-11(15)13(7-5-6-8-13)14-12(16)18-10-4-2/h3-10H2,1-2H3,(H,14,16). The second-order valence-electron chi connectivity index (χ2n) is 4.69. The summed E-state index contributed by atoms with van der Waals surface area (Å²) in [5, 5.41) is 2.70. The number of hydrogen-bond acceptors (Lipinski definition) is 4. The maximum atomic E-state index is 12.0. The van der Waals surface area contributed by atoms with Crippen LogP contribution in [0, 0.1) is 0 Å². The minimum absolute atomic E-state index is 0.324. The molecule has 0 aromatic heterocycles. The first-order valence-electron chi connectivity index (χ1n) is 6.77. The fourth-order valence-corrected chi connectivity index (χ4v) is 2.12. The first-order valence-corrected chi connectivity index (χ1v) is 6.77. The summed E-state index contributed by atoms with van der Waals surface area (Å²) in [6.07, 6.45) is 4.15. The highest BCUT2D eigenvalue weighted by molar-refractivity contribution is 5.86. The minimum atomic E-state index is -0.861. The Balaban J connectivity index is 2.57. The van der Waals surface area contributed by atoms with Crippen molar-refractivity contribution in [2.24, 2.45) is 0 Å². The van der Waals surface area contributed by atoms with Crippen molar-refractivity contribution in [1.29, 1.82) is 0 Å². The molecule has 1 fully saturated rings. The van der Waals surface area contributed by atoms with E-state index in [0.29, 0.717) is 26.1 Å². The molecule has 5 nitrogen and oxygen atoms in total. The monoisotopic (exact) mass is 257 g/mol. The Hall–Kier alpha value is -1.26. The zero-order chi connectivity index (χ0) is 13.4. The van der Waals surface area contributed by atoms with Gasteiger partial charge < -0.3 is 14.8 Å². The lowest BCUT2D eigenvalue weighted by Crippen LogP contribution is -2.53. The fourth-order valence-electron chi connectivity index (χ4n) is 2.12. The molecule has 0 saturated heterocycles. The Morgan fingerprint density at radius 2 is 1.61 bits per heavy atom. The molecule has 104 valence electrons. The van der Waals surface area contributed by atoms with Crippen LogP contribution < -0.4 is 5.32 Å². The number of nitrogens with one attached hydrogen (secondary N) is 1. The molecule has 1 aliphatic rings. The molecule has 0 spiro atoms. The molecule has 0 bridgehead atoms. The average molecular weight is 257 g/mol. The Morgan fingerprint density at radius 1 is 1.06 bits per heavy atom. The van der Waals surface area contributed by atoms with Crippen LogP contribution in [0.15, 0.2) is 0 Å². The molecule has 0 unspecified atom stereocenters. The molecule has 5 heteroatoms. The van der Waals surface area contributed by atoms with Gasteiger partial charge in [-0.15, -0.1) is 0 Å². The third-order valence-electron chi connectivity index (χ3n) is 3.06. The predicted octanol–water partition coefficient (Wildman–Crippen LogP) is 2.39. The van der Waals surface area contributed by atoms with Crippen molar-refractivity contribution in [2.75, 3.05) is 13.2 Å². The topological polar surface area (TPSA) is 64.6 Å². The zero-order valence-electron chi connectivity index (χ0n) is 11.3. The van der Waals surface area contributed by atoms with Crippen LogP contribution in [0.1, 0.15) is 52.4 Å². The second kappa shape index (κ2) is 7.24. The molecule has 0 aromatic carbocycles. The summed E-state index contributed by atoms with van der Waals surface area (Å²) in [6.45, 7) is 4.63. The van der Waals surface area contributed by atoms with E-state index in [1.165, 1.54) is 0 Å². The lowest BCUT2D eigenvalue weighted by Gasteiger charge is -2.27. The van der Waals surface area contributed by atoms with Crippen molar-refractivity contribution in [3.8, 4) is 0 Å². The highest BCUT2D eigenvalue weighted by Crippen LogP contribution is 2.31. The Labute approximate surface area is 108 Å². The SMILES string of the molecule is CCCOC(=O)NC1(C(=O)OCCC)CCCC1. The van der Waals surface area contributed by atoms with E-state index in [9.17, 15) is 9.59 Å². The van der Waals surface area contributed by atoms with Crippen LogP contribution in [0.4, 0.5) is 4.79 Å². The fraction of sp³-hybridized carbons (Fsp3) is 0.846. The van der Waals surface area contributed by atoms with Gasteiger partial charge >= 0.3 is 12.1 Å². The number of hydrogen-bond donors (Lipinski definition) is 1. The third-order valence-corrected chi connectivity index (χ3v) is 3.06. The number of esters is 1. The lowest BCUT2D eigenvalue weighted by molar-refractivity contribution is -0.151. The summed E-state index contributed by atoms with van der Waals surface area (Å²) in [4.78, 5) is 23.6. The minimum Gasteiger partial charge on any atom is -0.464 e. The first-order chi connectivity index (χ1) is 8.64. The van der Waals surface area contributed by atoms with Gasteiger partial charge in [0.15, 0.2) is 0 Å². The molecule has 0 atom stereocenters. The summed E-state index contributed by atoms with van der Waals surface area (Å²) in [5.41, 5.74) is -0.861. The maximum absolute atomic E-state index is 12.0. The third kappa shape index (κ3) is 3.89. The quantitative estimate of drug-likeness (QED) is 0.742. The number of ether oxygens (including phenoxy) is 2. The largest absolute Gasteiger partial charge is 0.464 e. The number of carbonyl (C=O) groups is 2. The van der Waals surface area contributed by atoms with Crippen molar-refractivity contribution in [2.45, 2.75) is 57.9 Å². The molecule has 1 rings (SSSR count). The average Bonchev–Trinajstić information content (AvgIpc) is 2.83. The van der Waals surface area contributed by atoms with Gasteiger partial charge in [-0.3, -0.25) is 0 Å². The van der Waals surface area contributed by atoms with Crippen LogP contribution >= 0.6 is 0 Å². The molecule has 0 radical (unpaired) electrons. The van der Waals surface area contributed by atoms with Gasteiger partial charge in [0.1, 0.15) is 5.54 Å². The molecule has 1 amide bonds. The summed E-state index contributed by atoms with van der Waals surface area (Å²) in [7, 11) is 0. The van der Waals surface area contributed by atoms with Crippen LogP contribution in [0.25, 0.3) is 0 Å². The Morgan fingerprint density at radius 3 is 2.17 bits per heavy atom. The van der Waals surface area contributed by atoms with Gasteiger partial charge in [-0.1, -0.05) is 26.7 Å². The molecule has 1 saturated carbocycles. The normalized spacial score (nSPS) is 17.2. The summed E-state index contributed by atoms with van der Waals surface area (Å²) in [6, 6.07) is 0. The zero-order valence-corrected chi connectivity index (χ0v) is 11.3. The molecule has 18 heavy (non-hydrogen) atoms. The van der Waals surface area contributed by atoms with Crippen molar-refractivity contribution in [3.63, 3.8) is 0 Å². The highest BCUT2D eigenvalue weighted by atomic mass is 16.6. The van der Waals surface area contributed by atoms with Crippen molar-refractivity contribution in [3.05, 3.63) is 0 Å². The van der Waals surface area contributed by atoms with E-state index in [0.717, 1.165) is 25.7 Å². The lowest BCUT2D eigenvalue weighted by atomic mass is 9.98. The van der Waals surface area contributed by atoms with E-state index in [4.69, 9.17) is 9.47 Å². The van der Waals surface area contributed by atoms with Gasteiger partial charge in [0.05, 0.1) is 13.2 Å². The van der Waals surface area contributed by atoms with Gasteiger partial charge in [0.25, 0.3) is 0 Å². The first kappa shape index (κ1) is 14.8. The molecule has 0 aliphatic heterocycles. The summed E-state index contributed by atoms with van der Waals surface area (Å²) >= 11 is 0. The Bertz CT molecular complexity index is 285. The van der Waals surface area contributed by atoms with Crippen LogP contribution in [-0.4, -0.2) is 30.8 Å². The van der Waals surface area contributed by atoms with Crippen molar-refractivity contribution >= 4 is 12.1 Å². The molecule has 0 aromatic rings. The predicted molar refractivity (Wildman–Crippen MR) is 67.2 cm³/mol. The van der Waals surface area contributed by atoms with E-state index < -0.39 is 11.6 Å². The molecule has 1 aliphatic carbocycles. The van der Waals surface area contributed by atoms with Gasteiger partial charge in [0, 0.05) is 0 Å². The van der Waals surface area contributed by atoms with Crippen LogP contribution in [0.5, 0.6) is 0 Å². The van der Waals surface area contributed by atoms with E-state index in [-0.39, 0.29) is 5.97 Å². The molecule has 0 heterocycles.